The van der Waals surface area contributed by atoms with Crippen LogP contribution in [0.5, 0.6) is 0 Å². The van der Waals surface area contributed by atoms with Crippen molar-refractivity contribution in [2.24, 2.45) is 4.99 Å². The molecule has 1 saturated carbocycles. The van der Waals surface area contributed by atoms with Crippen molar-refractivity contribution in [1.29, 1.82) is 0 Å². The van der Waals surface area contributed by atoms with Gasteiger partial charge in [-0.3, -0.25) is 9.89 Å². The smallest absolute Gasteiger partial charge is 0.191 e. The van der Waals surface area contributed by atoms with E-state index in [1.54, 1.807) is 7.11 Å². The maximum absolute atomic E-state index is 5.56. The van der Waals surface area contributed by atoms with Crippen molar-refractivity contribution in [3.8, 4) is 0 Å². The van der Waals surface area contributed by atoms with E-state index in [2.05, 4.69) is 29.4 Å². The van der Waals surface area contributed by atoms with Crippen LogP contribution in [-0.4, -0.2) is 75.5 Å². The van der Waals surface area contributed by atoms with Gasteiger partial charge in [0.2, 0.25) is 0 Å². The standard InChI is InChI=1S/C18H36N4O2/c1-4-19-17(21-16(2)14-23-3)20-15-18(8-6-5-7-9-18)22-10-12-24-13-11-22/h16H,4-15H2,1-3H3,(H2,19,20,21). The molecule has 1 saturated heterocycles. The van der Waals surface area contributed by atoms with Crippen molar-refractivity contribution in [2.75, 3.05) is 53.1 Å². The van der Waals surface area contributed by atoms with Gasteiger partial charge in [-0.2, -0.15) is 0 Å². The van der Waals surface area contributed by atoms with E-state index in [4.69, 9.17) is 14.5 Å². The third kappa shape index (κ3) is 5.60. The number of morpholine rings is 1. The molecule has 1 aliphatic carbocycles. The summed E-state index contributed by atoms with van der Waals surface area (Å²) in [6, 6.07) is 0.249. The predicted molar refractivity (Wildman–Crippen MR) is 98.7 cm³/mol. The molecule has 0 spiro atoms. The van der Waals surface area contributed by atoms with Crippen LogP contribution in [-0.2, 0) is 9.47 Å². The summed E-state index contributed by atoms with van der Waals surface area (Å²) < 4.78 is 10.8. The fraction of sp³-hybridized carbons (Fsp3) is 0.944. The Balaban J connectivity index is 2.05. The normalized spacial score (nSPS) is 23.7. The van der Waals surface area contributed by atoms with Crippen LogP contribution < -0.4 is 10.6 Å². The van der Waals surface area contributed by atoms with Crippen LogP contribution in [0.15, 0.2) is 4.99 Å². The largest absolute Gasteiger partial charge is 0.383 e. The third-order valence-corrected chi connectivity index (χ3v) is 5.14. The molecule has 1 unspecified atom stereocenters. The van der Waals surface area contributed by atoms with Crippen molar-refractivity contribution in [2.45, 2.75) is 57.5 Å². The average Bonchev–Trinajstić information content (AvgIpc) is 2.62. The highest BCUT2D eigenvalue weighted by Crippen LogP contribution is 2.34. The second-order valence-corrected chi connectivity index (χ2v) is 7.08. The van der Waals surface area contributed by atoms with Gasteiger partial charge in [-0.1, -0.05) is 19.3 Å². The summed E-state index contributed by atoms with van der Waals surface area (Å²) in [5, 5.41) is 6.82. The minimum Gasteiger partial charge on any atom is -0.383 e. The number of nitrogens with one attached hydrogen (secondary N) is 2. The molecule has 0 radical (unpaired) electrons. The Morgan fingerprint density at radius 3 is 2.58 bits per heavy atom. The Labute approximate surface area is 147 Å². The van der Waals surface area contributed by atoms with E-state index in [0.29, 0.717) is 6.61 Å². The number of guanidine groups is 1. The Morgan fingerprint density at radius 1 is 1.25 bits per heavy atom. The van der Waals surface area contributed by atoms with Crippen LogP contribution in [0, 0.1) is 0 Å². The van der Waals surface area contributed by atoms with Crippen molar-refractivity contribution in [1.82, 2.24) is 15.5 Å². The quantitative estimate of drug-likeness (QED) is 0.545. The number of hydrogen-bond donors (Lipinski definition) is 2. The third-order valence-electron chi connectivity index (χ3n) is 5.14. The monoisotopic (exact) mass is 340 g/mol. The lowest BCUT2D eigenvalue weighted by Gasteiger charge is -2.47. The summed E-state index contributed by atoms with van der Waals surface area (Å²) in [6.07, 6.45) is 6.50. The number of hydrogen-bond acceptors (Lipinski definition) is 4. The maximum Gasteiger partial charge on any atom is 0.191 e. The van der Waals surface area contributed by atoms with E-state index in [1.165, 1.54) is 32.1 Å². The molecule has 0 amide bonds. The highest BCUT2D eigenvalue weighted by molar-refractivity contribution is 5.80. The van der Waals surface area contributed by atoms with Gasteiger partial charge in [-0.05, 0) is 26.7 Å². The molecule has 0 aromatic carbocycles. The van der Waals surface area contributed by atoms with Crippen molar-refractivity contribution in [3.05, 3.63) is 0 Å². The van der Waals surface area contributed by atoms with E-state index >= 15 is 0 Å². The molecule has 6 heteroatoms. The summed E-state index contributed by atoms with van der Waals surface area (Å²) in [4.78, 5) is 7.60. The van der Waals surface area contributed by atoms with Gasteiger partial charge >= 0.3 is 0 Å². The van der Waals surface area contributed by atoms with Crippen LogP contribution >= 0.6 is 0 Å². The Kier molecular flexibility index (Phi) is 8.29. The minimum atomic E-state index is 0.217. The van der Waals surface area contributed by atoms with Crippen molar-refractivity contribution >= 4 is 5.96 Å². The number of rotatable bonds is 7. The van der Waals surface area contributed by atoms with Gasteiger partial charge in [0, 0.05) is 38.3 Å². The molecular formula is C18H36N4O2. The fourth-order valence-corrected chi connectivity index (χ4v) is 3.89. The molecule has 2 N–H and O–H groups in total. The SMILES string of the molecule is CCNC(=NCC1(N2CCOCC2)CCCCC1)NC(C)COC. The molecule has 140 valence electrons. The van der Waals surface area contributed by atoms with Crippen LogP contribution in [0.1, 0.15) is 46.0 Å². The molecule has 0 aromatic rings. The molecular weight excluding hydrogens is 304 g/mol. The van der Waals surface area contributed by atoms with Crippen molar-refractivity contribution in [3.63, 3.8) is 0 Å². The van der Waals surface area contributed by atoms with E-state index in [1.807, 2.05) is 0 Å². The van der Waals surface area contributed by atoms with Gasteiger partial charge in [-0.25, -0.2) is 0 Å². The Morgan fingerprint density at radius 2 is 1.96 bits per heavy atom. The molecule has 1 atom stereocenters. The summed E-state index contributed by atoms with van der Waals surface area (Å²) in [5.74, 6) is 0.903. The Bertz CT molecular complexity index is 377. The summed E-state index contributed by atoms with van der Waals surface area (Å²) >= 11 is 0. The van der Waals surface area contributed by atoms with Crippen LogP contribution in [0.2, 0.25) is 0 Å². The predicted octanol–water partition coefficient (Wildman–Crippen LogP) is 1.61. The van der Waals surface area contributed by atoms with Gasteiger partial charge in [0.15, 0.2) is 5.96 Å². The zero-order valence-electron chi connectivity index (χ0n) is 15.8. The first kappa shape index (κ1) is 19.5. The second kappa shape index (κ2) is 10.2. The highest BCUT2D eigenvalue weighted by atomic mass is 16.5. The number of ether oxygens (including phenoxy) is 2. The first-order valence-electron chi connectivity index (χ1n) is 9.57. The first-order valence-corrected chi connectivity index (χ1v) is 9.57. The lowest BCUT2D eigenvalue weighted by Crippen LogP contribution is -2.57. The van der Waals surface area contributed by atoms with Crippen LogP contribution in [0.25, 0.3) is 0 Å². The number of aliphatic imine (C=N–C) groups is 1. The van der Waals surface area contributed by atoms with Crippen molar-refractivity contribution < 1.29 is 9.47 Å². The van der Waals surface area contributed by atoms with Crippen LogP contribution in [0.4, 0.5) is 0 Å². The number of methoxy groups -OCH3 is 1. The fourth-order valence-electron chi connectivity index (χ4n) is 3.89. The average molecular weight is 341 g/mol. The molecule has 0 aromatic heterocycles. The molecule has 2 aliphatic rings. The summed E-state index contributed by atoms with van der Waals surface area (Å²) in [5.41, 5.74) is 0.217. The summed E-state index contributed by atoms with van der Waals surface area (Å²) in [6.45, 7) is 10.4. The molecule has 2 fully saturated rings. The topological polar surface area (TPSA) is 58.1 Å². The first-order chi connectivity index (χ1) is 11.7. The van der Waals surface area contributed by atoms with Gasteiger partial charge in [0.1, 0.15) is 0 Å². The van der Waals surface area contributed by atoms with E-state index in [-0.39, 0.29) is 11.6 Å². The minimum absolute atomic E-state index is 0.217. The second-order valence-electron chi connectivity index (χ2n) is 7.08. The Hall–Kier alpha value is -0.850. The van der Waals surface area contributed by atoms with Gasteiger partial charge in [0.05, 0.1) is 26.4 Å². The van der Waals surface area contributed by atoms with Gasteiger partial charge < -0.3 is 20.1 Å². The van der Waals surface area contributed by atoms with Crippen LogP contribution in [0.3, 0.4) is 0 Å². The van der Waals surface area contributed by atoms with E-state index < -0.39 is 0 Å². The van der Waals surface area contributed by atoms with E-state index in [0.717, 1.165) is 45.4 Å². The van der Waals surface area contributed by atoms with Gasteiger partial charge in [-0.15, -0.1) is 0 Å². The maximum atomic E-state index is 5.56. The molecule has 1 aliphatic heterocycles. The lowest BCUT2D eigenvalue weighted by atomic mass is 9.80. The molecule has 0 bridgehead atoms. The molecule has 1 heterocycles. The van der Waals surface area contributed by atoms with E-state index in [9.17, 15) is 0 Å². The molecule has 2 rings (SSSR count). The zero-order valence-corrected chi connectivity index (χ0v) is 15.8. The molecule has 6 nitrogen and oxygen atoms in total. The lowest BCUT2D eigenvalue weighted by molar-refractivity contribution is -0.0333. The summed E-state index contributed by atoms with van der Waals surface area (Å²) in [7, 11) is 1.73. The van der Waals surface area contributed by atoms with Gasteiger partial charge in [0.25, 0.3) is 0 Å². The molecule has 24 heavy (non-hydrogen) atoms. The highest BCUT2D eigenvalue weighted by Gasteiger charge is 2.38. The number of nitrogens with zero attached hydrogens (tertiary/aromatic N) is 2. The zero-order chi connectivity index (χ0) is 17.3.